The molecule has 1 aromatic rings. The molecule has 17 heavy (non-hydrogen) atoms. The molecule has 0 N–H and O–H groups in total. The molecule has 0 fully saturated rings. The third-order valence-electron chi connectivity index (χ3n) is 3.10. The maximum atomic E-state index is 11.0. The number of rotatable bonds is 4. The van der Waals surface area contributed by atoms with Crippen LogP contribution in [-0.2, 0) is 0 Å². The first-order valence-electron chi connectivity index (χ1n) is 5.33. The lowest BCUT2D eigenvalue weighted by atomic mass is 10.00. The van der Waals surface area contributed by atoms with E-state index in [9.17, 15) is 10.1 Å². The Kier molecular flexibility index (Phi) is 4.08. The van der Waals surface area contributed by atoms with Gasteiger partial charge in [0.2, 0.25) is 5.82 Å². The van der Waals surface area contributed by atoms with E-state index < -0.39 is 4.92 Å². The fourth-order valence-electron chi connectivity index (χ4n) is 1.34. The zero-order chi connectivity index (χ0) is 13.2. The lowest BCUT2D eigenvalue weighted by molar-refractivity contribution is -0.384. The smallest absolute Gasteiger partial charge is 0.312 e. The topological polar surface area (TPSA) is 59.3 Å². The van der Waals surface area contributed by atoms with Gasteiger partial charge in [0.15, 0.2) is 0 Å². The first kappa shape index (κ1) is 13.9. The zero-order valence-electron chi connectivity index (χ0n) is 10.4. The lowest BCUT2D eigenvalue weighted by Crippen LogP contribution is -2.41. The van der Waals surface area contributed by atoms with Gasteiger partial charge in [-0.15, -0.1) is 0 Å². The zero-order valence-corrected chi connectivity index (χ0v) is 12.0. The number of pyridine rings is 1. The molecule has 6 heteroatoms. The molecule has 0 unspecified atom stereocenters. The van der Waals surface area contributed by atoms with Crippen molar-refractivity contribution in [2.45, 2.75) is 32.7 Å². The van der Waals surface area contributed by atoms with E-state index in [2.05, 4.69) is 20.9 Å². The highest BCUT2D eigenvalue weighted by molar-refractivity contribution is 9.10. The highest BCUT2D eigenvalue weighted by atomic mass is 79.9. The molecular formula is C11H16BrN3O2. The quantitative estimate of drug-likeness (QED) is 0.632. The van der Waals surface area contributed by atoms with Crippen molar-refractivity contribution in [3.05, 3.63) is 26.9 Å². The van der Waals surface area contributed by atoms with Gasteiger partial charge in [-0.3, -0.25) is 10.1 Å². The molecule has 5 nitrogen and oxygen atoms in total. The Balaban J connectivity index is 3.26. The predicted octanol–water partition coefficient (Wildman–Crippen LogP) is 3.38. The molecule has 0 bridgehead atoms. The van der Waals surface area contributed by atoms with Crippen LogP contribution in [0, 0.1) is 10.1 Å². The molecule has 1 rings (SSSR count). The highest BCUT2D eigenvalue weighted by Gasteiger charge is 2.28. The predicted molar refractivity (Wildman–Crippen MR) is 71.4 cm³/mol. The second kappa shape index (κ2) is 5.00. The van der Waals surface area contributed by atoms with Crippen molar-refractivity contribution in [3.8, 4) is 0 Å². The Morgan fingerprint density at radius 2 is 2.18 bits per heavy atom. The minimum Gasteiger partial charge on any atom is -0.349 e. The summed E-state index contributed by atoms with van der Waals surface area (Å²) in [7, 11) is 1.83. The van der Waals surface area contributed by atoms with Gasteiger partial charge in [0.1, 0.15) is 0 Å². The maximum absolute atomic E-state index is 11.0. The van der Waals surface area contributed by atoms with Crippen molar-refractivity contribution in [3.63, 3.8) is 0 Å². The lowest BCUT2D eigenvalue weighted by Gasteiger charge is -2.35. The van der Waals surface area contributed by atoms with Crippen LogP contribution in [0.3, 0.4) is 0 Å². The van der Waals surface area contributed by atoms with Crippen LogP contribution in [0.4, 0.5) is 11.5 Å². The van der Waals surface area contributed by atoms with Crippen LogP contribution >= 0.6 is 15.9 Å². The molecule has 0 aliphatic heterocycles. The summed E-state index contributed by atoms with van der Waals surface area (Å²) < 4.78 is 0.607. The minimum atomic E-state index is -0.407. The molecule has 0 amide bonds. The van der Waals surface area contributed by atoms with Gasteiger partial charge in [0, 0.05) is 29.3 Å². The number of hydrogen-bond acceptors (Lipinski definition) is 4. The largest absolute Gasteiger partial charge is 0.349 e. The monoisotopic (exact) mass is 301 g/mol. The fraction of sp³-hybridized carbons (Fsp3) is 0.545. The van der Waals surface area contributed by atoms with E-state index in [4.69, 9.17) is 0 Å². The number of aromatic nitrogens is 1. The van der Waals surface area contributed by atoms with Crippen molar-refractivity contribution in [2.75, 3.05) is 11.9 Å². The molecule has 1 aromatic heterocycles. The Bertz CT molecular complexity index is 435. The summed E-state index contributed by atoms with van der Waals surface area (Å²) in [5, 5.41) is 11.0. The van der Waals surface area contributed by atoms with Gasteiger partial charge in [-0.25, -0.2) is 4.98 Å². The van der Waals surface area contributed by atoms with Gasteiger partial charge >= 0.3 is 5.69 Å². The minimum absolute atomic E-state index is 0.0170. The second-order valence-electron chi connectivity index (χ2n) is 4.48. The van der Waals surface area contributed by atoms with Crippen LogP contribution < -0.4 is 4.90 Å². The molecule has 0 atom stereocenters. The highest BCUT2D eigenvalue weighted by Crippen LogP contribution is 2.32. The van der Waals surface area contributed by atoms with Gasteiger partial charge < -0.3 is 4.90 Å². The molecule has 0 saturated carbocycles. The van der Waals surface area contributed by atoms with E-state index in [1.54, 1.807) is 6.20 Å². The van der Waals surface area contributed by atoms with Crippen molar-refractivity contribution in [2.24, 2.45) is 0 Å². The van der Waals surface area contributed by atoms with Crippen LogP contribution in [0.25, 0.3) is 0 Å². The van der Waals surface area contributed by atoms with E-state index in [0.717, 1.165) is 6.42 Å². The third kappa shape index (κ3) is 2.94. The summed E-state index contributed by atoms with van der Waals surface area (Å²) >= 11 is 3.20. The first-order valence-corrected chi connectivity index (χ1v) is 6.12. The molecule has 0 aliphatic carbocycles. The Hall–Kier alpha value is -1.17. The summed E-state index contributed by atoms with van der Waals surface area (Å²) in [4.78, 5) is 16.6. The van der Waals surface area contributed by atoms with Crippen LogP contribution in [0.2, 0.25) is 0 Å². The standard InChI is InChI=1S/C11H16BrN3O2/c1-5-11(2,3)14(4)10-9(15(16)17)6-8(12)7-13-10/h6-7H,5H2,1-4H3. The average Bonchev–Trinajstić information content (AvgIpc) is 2.28. The molecule has 0 radical (unpaired) electrons. The van der Waals surface area contributed by atoms with Gasteiger partial charge in [-0.05, 0) is 36.2 Å². The van der Waals surface area contributed by atoms with Crippen molar-refractivity contribution in [1.82, 2.24) is 4.98 Å². The Morgan fingerprint density at radius 3 is 2.65 bits per heavy atom. The molecular weight excluding hydrogens is 286 g/mol. The molecule has 0 saturated heterocycles. The normalized spacial score (nSPS) is 11.4. The van der Waals surface area contributed by atoms with Gasteiger partial charge in [0.25, 0.3) is 0 Å². The number of anilines is 1. The van der Waals surface area contributed by atoms with E-state index in [1.807, 2.05) is 32.7 Å². The van der Waals surface area contributed by atoms with Crippen LogP contribution in [0.15, 0.2) is 16.7 Å². The summed E-state index contributed by atoms with van der Waals surface area (Å²) in [5.41, 5.74) is -0.158. The molecule has 0 aromatic carbocycles. The van der Waals surface area contributed by atoms with Crippen molar-refractivity contribution < 1.29 is 4.92 Å². The summed E-state index contributed by atoms with van der Waals surface area (Å²) in [6.07, 6.45) is 2.45. The molecule has 94 valence electrons. The first-order chi connectivity index (χ1) is 7.79. The van der Waals surface area contributed by atoms with Crippen LogP contribution in [0.5, 0.6) is 0 Å². The molecule has 0 aliphatic rings. The number of hydrogen-bond donors (Lipinski definition) is 0. The summed E-state index contributed by atoms with van der Waals surface area (Å²) in [6.45, 7) is 6.10. The van der Waals surface area contributed by atoms with E-state index in [1.165, 1.54) is 6.07 Å². The van der Waals surface area contributed by atoms with E-state index >= 15 is 0 Å². The summed E-state index contributed by atoms with van der Waals surface area (Å²) in [6, 6.07) is 1.48. The van der Waals surface area contributed by atoms with Crippen molar-refractivity contribution in [1.29, 1.82) is 0 Å². The molecule has 0 spiro atoms. The Morgan fingerprint density at radius 1 is 1.59 bits per heavy atom. The fourth-order valence-corrected chi connectivity index (χ4v) is 1.66. The number of halogens is 1. The van der Waals surface area contributed by atoms with E-state index in [-0.39, 0.29) is 11.2 Å². The van der Waals surface area contributed by atoms with Gasteiger partial charge in [-0.2, -0.15) is 0 Å². The van der Waals surface area contributed by atoms with Gasteiger partial charge in [-0.1, -0.05) is 6.92 Å². The second-order valence-corrected chi connectivity index (χ2v) is 5.39. The third-order valence-corrected chi connectivity index (χ3v) is 3.54. The SMILES string of the molecule is CCC(C)(C)N(C)c1ncc(Br)cc1[N+](=O)[O-]. The maximum Gasteiger partial charge on any atom is 0.312 e. The average molecular weight is 302 g/mol. The number of nitro groups is 1. The van der Waals surface area contributed by atoms with Crippen LogP contribution in [0.1, 0.15) is 27.2 Å². The molecule has 1 heterocycles. The van der Waals surface area contributed by atoms with E-state index in [0.29, 0.717) is 10.3 Å². The van der Waals surface area contributed by atoms with Crippen molar-refractivity contribution >= 4 is 27.4 Å². The van der Waals surface area contributed by atoms with Crippen LogP contribution in [-0.4, -0.2) is 22.5 Å². The Labute approximate surface area is 109 Å². The van der Waals surface area contributed by atoms with Gasteiger partial charge in [0.05, 0.1) is 4.92 Å². The number of nitrogens with zero attached hydrogens (tertiary/aromatic N) is 3. The summed E-state index contributed by atoms with van der Waals surface area (Å²) in [5.74, 6) is 0.394.